The molecule has 0 bridgehead atoms. The van der Waals surface area contributed by atoms with E-state index in [-0.39, 0.29) is 24.9 Å². The highest BCUT2D eigenvalue weighted by molar-refractivity contribution is 7.13. The molecule has 184 valence electrons. The fourth-order valence-electron chi connectivity index (χ4n) is 4.43. The zero-order valence-electron chi connectivity index (χ0n) is 20.5. The molecule has 2 aromatic carbocycles. The van der Waals surface area contributed by atoms with Crippen LogP contribution in [0.3, 0.4) is 0 Å². The average molecular weight is 501 g/mol. The molecule has 2 aromatic heterocycles. The van der Waals surface area contributed by atoms with E-state index in [9.17, 15) is 9.59 Å². The van der Waals surface area contributed by atoms with Gasteiger partial charge in [0, 0.05) is 13.1 Å². The minimum Gasteiger partial charge on any atom is -0.497 e. The minimum absolute atomic E-state index is 0.219. The van der Waals surface area contributed by atoms with Crippen molar-refractivity contribution in [3.63, 3.8) is 0 Å². The molecular formula is C28H28N4O3S. The molecule has 3 heterocycles. The lowest BCUT2D eigenvalue weighted by Crippen LogP contribution is -2.63. The van der Waals surface area contributed by atoms with E-state index in [1.165, 1.54) is 0 Å². The highest BCUT2D eigenvalue weighted by Gasteiger charge is 2.48. The maximum absolute atomic E-state index is 13.8. The first kappa shape index (κ1) is 23.8. The average Bonchev–Trinajstić information content (AvgIpc) is 3.57. The number of benzene rings is 2. The highest BCUT2D eigenvalue weighted by atomic mass is 32.1. The normalized spacial score (nSPS) is 17.1. The molecule has 1 unspecified atom stereocenters. The number of rotatable bonds is 7. The number of hydrogen-bond acceptors (Lipinski definition) is 5. The SMILES string of the molecule is COc1ccc(CN2C(=O)c3cc(-c4cccs4)nn3CC2(C)C(=O)NCc2ccc(C)cc2)cc1. The molecule has 8 heteroatoms. The summed E-state index contributed by atoms with van der Waals surface area (Å²) in [4.78, 5) is 30.2. The number of nitrogens with one attached hydrogen (secondary N) is 1. The first-order valence-corrected chi connectivity index (χ1v) is 12.7. The van der Waals surface area contributed by atoms with Crippen LogP contribution in [0.2, 0.25) is 0 Å². The lowest BCUT2D eigenvalue weighted by Gasteiger charge is -2.43. The van der Waals surface area contributed by atoms with Crippen LogP contribution >= 0.6 is 11.3 Å². The van der Waals surface area contributed by atoms with E-state index < -0.39 is 5.54 Å². The number of methoxy groups -OCH3 is 1. The van der Waals surface area contributed by atoms with Gasteiger partial charge in [-0.25, -0.2) is 0 Å². The Morgan fingerprint density at radius 3 is 2.50 bits per heavy atom. The predicted octanol–water partition coefficient (Wildman–Crippen LogP) is 4.66. The summed E-state index contributed by atoms with van der Waals surface area (Å²) in [7, 11) is 1.62. The number of ether oxygens (including phenoxy) is 1. The van der Waals surface area contributed by atoms with Gasteiger partial charge in [-0.2, -0.15) is 5.10 Å². The van der Waals surface area contributed by atoms with Crippen molar-refractivity contribution in [1.82, 2.24) is 20.0 Å². The Morgan fingerprint density at radius 1 is 1.11 bits per heavy atom. The number of aryl methyl sites for hydroxylation is 1. The van der Waals surface area contributed by atoms with Crippen LogP contribution in [0.4, 0.5) is 0 Å². The van der Waals surface area contributed by atoms with Crippen molar-refractivity contribution in [3.8, 4) is 16.3 Å². The van der Waals surface area contributed by atoms with E-state index >= 15 is 0 Å². The third kappa shape index (κ3) is 4.52. The number of carbonyl (C=O) groups excluding carboxylic acids is 2. The Kier molecular flexibility index (Phi) is 6.36. The van der Waals surface area contributed by atoms with Crippen molar-refractivity contribution in [1.29, 1.82) is 0 Å². The van der Waals surface area contributed by atoms with Crippen LogP contribution in [0.25, 0.3) is 10.6 Å². The molecule has 0 aliphatic carbocycles. The maximum Gasteiger partial charge on any atom is 0.273 e. The van der Waals surface area contributed by atoms with Crippen LogP contribution in [0.15, 0.2) is 72.1 Å². The van der Waals surface area contributed by atoms with Gasteiger partial charge in [-0.3, -0.25) is 14.3 Å². The van der Waals surface area contributed by atoms with Gasteiger partial charge in [0.05, 0.1) is 18.5 Å². The van der Waals surface area contributed by atoms with Crippen LogP contribution in [0, 0.1) is 6.92 Å². The first-order chi connectivity index (χ1) is 17.4. The molecule has 36 heavy (non-hydrogen) atoms. The molecule has 2 amide bonds. The highest BCUT2D eigenvalue weighted by Crippen LogP contribution is 2.33. The molecule has 1 aliphatic rings. The van der Waals surface area contributed by atoms with Gasteiger partial charge in [0.15, 0.2) is 0 Å². The third-order valence-corrected chi connectivity index (χ3v) is 7.53. The Hall–Kier alpha value is -3.91. The minimum atomic E-state index is -1.13. The number of amides is 2. The Bertz CT molecular complexity index is 1380. The number of hydrogen-bond donors (Lipinski definition) is 1. The van der Waals surface area contributed by atoms with Gasteiger partial charge in [-0.05, 0) is 54.6 Å². The Labute approximate surface area is 214 Å². The van der Waals surface area contributed by atoms with Crippen LogP contribution in [-0.2, 0) is 24.4 Å². The lowest BCUT2D eigenvalue weighted by molar-refractivity contribution is -0.133. The lowest BCUT2D eigenvalue weighted by atomic mass is 9.94. The van der Waals surface area contributed by atoms with Crippen molar-refractivity contribution < 1.29 is 14.3 Å². The van der Waals surface area contributed by atoms with Gasteiger partial charge in [0.1, 0.15) is 22.7 Å². The summed E-state index contributed by atoms with van der Waals surface area (Å²) in [6.45, 7) is 4.77. The topological polar surface area (TPSA) is 76.5 Å². The van der Waals surface area contributed by atoms with E-state index in [2.05, 4.69) is 5.32 Å². The molecule has 0 saturated carbocycles. The summed E-state index contributed by atoms with van der Waals surface area (Å²) in [5.74, 6) is 0.296. The summed E-state index contributed by atoms with van der Waals surface area (Å²) in [5, 5.41) is 9.73. The summed E-state index contributed by atoms with van der Waals surface area (Å²) < 4.78 is 6.94. The van der Waals surface area contributed by atoms with E-state index in [0.717, 1.165) is 33.0 Å². The van der Waals surface area contributed by atoms with E-state index in [4.69, 9.17) is 9.84 Å². The van der Waals surface area contributed by atoms with Crippen LogP contribution in [0.5, 0.6) is 5.75 Å². The molecule has 7 nitrogen and oxygen atoms in total. The smallest absolute Gasteiger partial charge is 0.273 e. The molecule has 1 N–H and O–H groups in total. The second kappa shape index (κ2) is 9.62. The summed E-state index contributed by atoms with van der Waals surface area (Å²) in [6, 6.07) is 21.3. The molecular weight excluding hydrogens is 472 g/mol. The number of thiophene rings is 1. The standard InChI is InChI=1S/C28H28N4O3S/c1-19-6-8-20(9-7-19)16-29-27(34)28(2)18-32-24(15-23(30-32)25-5-4-14-36-25)26(33)31(28)17-21-10-12-22(35-3)13-11-21/h4-15H,16-18H2,1-3H3,(H,29,34). The van der Waals surface area contributed by atoms with Gasteiger partial charge < -0.3 is 15.0 Å². The maximum atomic E-state index is 13.8. The van der Waals surface area contributed by atoms with Crippen molar-refractivity contribution >= 4 is 23.2 Å². The van der Waals surface area contributed by atoms with Gasteiger partial charge >= 0.3 is 0 Å². The predicted molar refractivity (Wildman–Crippen MR) is 140 cm³/mol. The quantitative estimate of drug-likeness (QED) is 0.401. The molecule has 4 aromatic rings. The van der Waals surface area contributed by atoms with Crippen molar-refractivity contribution in [2.75, 3.05) is 7.11 Å². The Morgan fingerprint density at radius 2 is 1.83 bits per heavy atom. The summed E-state index contributed by atoms with van der Waals surface area (Å²) in [5.41, 5.74) is 3.16. The molecule has 0 radical (unpaired) electrons. The summed E-state index contributed by atoms with van der Waals surface area (Å²) >= 11 is 1.57. The molecule has 1 aliphatic heterocycles. The second-order valence-corrected chi connectivity index (χ2v) is 10.2. The number of carbonyl (C=O) groups is 2. The van der Waals surface area contributed by atoms with Crippen molar-refractivity contribution in [2.24, 2.45) is 0 Å². The van der Waals surface area contributed by atoms with Gasteiger partial charge in [0.2, 0.25) is 5.91 Å². The number of nitrogens with zero attached hydrogens (tertiary/aromatic N) is 3. The van der Waals surface area contributed by atoms with E-state index in [1.54, 1.807) is 28.0 Å². The van der Waals surface area contributed by atoms with Gasteiger partial charge in [-0.15, -0.1) is 11.3 Å². The fraction of sp³-hybridized carbons (Fsp3) is 0.250. The number of fused-ring (bicyclic) bond motifs is 1. The van der Waals surface area contributed by atoms with Crippen molar-refractivity contribution in [2.45, 2.75) is 39.0 Å². The molecule has 5 rings (SSSR count). The second-order valence-electron chi connectivity index (χ2n) is 9.23. The number of aromatic nitrogens is 2. The van der Waals surface area contributed by atoms with E-state index in [0.29, 0.717) is 12.2 Å². The molecule has 0 fully saturated rings. The molecule has 1 atom stereocenters. The zero-order chi connectivity index (χ0) is 25.3. The molecule has 0 spiro atoms. The van der Waals surface area contributed by atoms with E-state index in [1.807, 2.05) is 86.0 Å². The third-order valence-electron chi connectivity index (χ3n) is 6.63. The van der Waals surface area contributed by atoms with Crippen molar-refractivity contribution in [3.05, 3.63) is 94.5 Å². The summed E-state index contributed by atoms with van der Waals surface area (Å²) in [6.07, 6.45) is 0. The zero-order valence-corrected chi connectivity index (χ0v) is 21.3. The van der Waals surface area contributed by atoms with Crippen LogP contribution in [-0.4, -0.2) is 39.1 Å². The monoisotopic (exact) mass is 500 g/mol. The first-order valence-electron chi connectivity index (χ1n) is 11.8. The largest absolute Gasteiger partial charge is 0.497 e. The molecule has 0 saturated heterocycles. The Balaban J connectivity index is 1.47. The van der Waals surface area contributed by atoms with Crippen LogP contribution in [0.1, 0.15) is 34.1 Å². The fourth-order valence-corrected chi connectivity index (χ4v) is 5.11. The van der Waals surface area contributed by atoms with Gasteiger partial charge in [0.25, 0.3) is 5.91 Å². The van der Waals surface area contributed by atoms with Gasteiger partial charge in [-0.1, -0.05) is 48.0 Å². The van der Waals surface area contributed by atoms with Crippen LogP contribution < -0.4 is 10.1 Å².